The number of aromatic hydroxyl groups is 1. The molecule has 3 heteroatoms. The normalized spacial score (nSPS) is 12.3. The Morgan fingerprint density at radius 2 is 1.86 bits per heavy atom. The molecule has 0 aliphatic carbocycles. The summed E-state index contributed by atoms with van der Waals surface area (Å²) < 4.78 is 13.8. The van der Waals surface area contributed by atoms with Gasteiger partial charge in [-0.1, -0.05) is 31.2 Å². The van der Waals surface area contributed by atoms with Gasteiger partial charge < -0.3 is 10.4 Å². The van der Waals surface area contributed by atoms with Gasteiger partial charge >= 0.3 is 0 Å². The Labute approximate surface area is 125 Å². The van der Waals surface area contributed by atoms with Gasteiger partial charge in [-0.25, -0.2) is 4.39 Å². The maximum absolute atomic E-state index is 13.8. The minimum atomic E-state index is -0.165. The van der Waals surface area contributed by atoms with Crippen molar-refractivity contribution in [2.45, 2.75) is 32.7 Å². The van der Waals surface area contributed by atoms with Crippen molar-refractivity contribution in [2.75, 3.05) is 6.54 Å². The molecule has 0 amide bonds. The zero-order valence-electron chi connectivity index (χ0n) is 12.6. The van der Waals surface area contributed by atoms with Crippen LogP contribution in [0, 0.1) is 12.7 Å². The molecule has 1 atom stereocenters. The molecule has 2 aromatic carbocycles. The molecule has 0 radical (unpaired) electrons. The van der Waals surface area contributed by atoms with Crippen molar-refractivity contribution in [3.8, 4) is 5.75 Å². The fourth-order valence-corrected chi connectivity index (χ4v) is 2.32. The molecule has 0 fully saturated rings. The first-order valence-electron chi connectivity index (χ1n) is 7.37. The van der Waals surface area contributed by atoms with Crippen molar-refractivity contribution in [1.29, 1.82) is 0 Å². The van der Waals surface area contributed by atoms with E-state index < -0.39 is 0 Å². The van der Waals surface area contributed by atoms with E-state index in [9.17, 15) is 9.50 Å². The number of aryl methyl sites for hydroxylation is 1. The van der Waals surface area contributed by atoms with Gasteiger partial charge in [0, 0.05) is 6.04 Å². The van der Waals surface area contributed by atoms with Gasteiger partial charge in [-0.05, 0) is 61.2 Å². The van der Waals surface area contributed by atoms with E-state index in [1.165, 1.54) is 0 Å². The summed E-state index contributed by atoms with van der Waals surface area (Å²) in [5, 5.41) is 12.8. The van der Waals surface area contributed by atoms with Crippen LogP contribution < -0.4 is 5.32 Å². The van der Waals surface area contributed by atoms with Gasteiger partial charge in [0.1, 0.15) is 11.6 Å². The zero-order valence-corrected chi connectivity index (χ0v) is 12.6. The van der Waals surface area contributed by atoms with Crippen LogP contribution in [0.5, 0.6) is 5.75 Å². The molecular weight excluding hydrogens is 265 g/mol. The number of phenols is 1. The second kappa shape index (κ2) is 7.23. The average Bonchev–Trinajstić information content (AvgIpc) is 2.48. The third-order valence-corrected chi connectivity index (χ3v) is 3.62. The summed E-state index contributed by atoms with van der Waals surface area (Å²) >= 11 is 0. The molecule has 112 valence electrons. The van der Waals surface area contributed by atoms with Gasteiger partial charge in [-0.15, -0.1) is 0 Å². The van der Waals surface area contributed by atoms with E-state index in [1.54, 1.807) is 25.1 Å². The number of halogens is 1. The van der Waals surface area contributed by atoms with Crippen LogP contribution in [0.25, 0.3) is 0 Å². The SMILES string of the molecule is CCCNC(Cc1ccc(O)cc1)c1ccc(C)c(F)c1. The molecule has 0 saturated heterocycles. The predicted molar refractivity (Wildman–Crippen MR) is 84.0 cm³/mol. The standard InChI is InChI=1S/C18H22FNO/c1-3-10-20-18(11-14-5-8-16(21)9-6-14)15-7-4-13(2)17(19)12-15/h4-9,12,18,20-21H,3,10-11H2,1-2H3. The lowest BCUT2D eigenvalue weighted by Gasteiger charge is -2.20. The maximum Gasteiger partial charge on any atom is 0.126 e. The van der Waals surface area contributed by atoms with Crippen molar-refractivity contribution in [3.05, 3.63) is 65.0 Å². The van der Waals surface area contributed by atoms with E-state index in [4.69, 9.17) is 0 Å². The summed E-state index contributed by atoms with van der Waals surface area (Å²) in [6.07, 6.45) is 1.79. The quantitative estimate of drug-likeness (QED) is 0.837. The Balaban J connectivity index is 2.20. The molecule has 0 aliphatic heterocycles. The van der Waals surface area contributed by atoms with Crippen LogP contribution in [-0.2, 0) is 6.42 Å². The zero-order chi connectivity index (χ0) is 15.2. The molecule has 0 aromatic heterocycles. The monoisotopic (exact) mass is 287 g/mol. The van der Waals surface area contributed by atoms with Gasteiger partial charge in [-0.3, -0.25) is 0 Å². The van der Waals surface area contributed by atoms with Crippen LogP contribution in [0.2, 0.25) is 0 Å². The van der Waals surface area contributed by atoms with Crippen molar-refractivity contribution in [2.24, 2.45) is 0 Å². The highest BCUT2D eigenvalue weighted by molar-refractivity contribution is 5.30. The van der Waals surface area contributed by atoms with Crippen LogP contribution in [0.4, 0.5) is 4.39 Å². The number of rotatable bonds is 6. The summed E-state index contributed by atoms with van der Waals surface area (Å²) in [5.41, 5.74) is 2.74. The fraction of sp³-hybridized carbons (Fsp3) is 0.333. The number of hydrogen-bond acceptors (Lipinski definition) is 2. The molecule has 0 bridgehead atoms. The molecule has 2 N–H and O–H groups in total. The first-order chi connectivity index (χ1) is 10.1. The summed E-state index contributed by atoms with van der Waals surface area (Å²) in [6.45, 7) is 4.77. The summed E-state index contributed by atoms with van der Waals surface area (Å²) in [7, 11) is 0. The number of benzene rings is 2. The lowest BCUT2D eigenvalue weighted by Crippen LogP contribution is -2.24. The molecule has 2 nitrogen and oxygen atoms in total. The van der Waals surface area contributed by atoms with Crippen LogP contribution in [-0.4, -0.2) is 11.7 Å². The van der Waals surface area contributed by atoms with Gasteiger partial charge in [0.05, 0.1) is 0 Å². The number of hydrogen-bond donors (Lipinski definition) is 2. The lowest BCUT2D eigenvalue weighted by molar-refractivity contribution is 0.474. The predicted octanol–water partition coefficient (Wildman–Crippen LogP) is 4.12. The van der Waals surface area contributed by atoms with E-state index in [0.717, 1.165) is 30.5 Å². The molecule has 21 heavy (non-hydrogen) atoms. The first-order valence-corrected chi connectivity index (χ1v) is 7.37. The molecule has 0 saturated carbocycles. The Morgan fingerprint density at radius 3 is 2.48 bits per heavy atom. The molecular formula is C18H22FNO. The third kappa shape index (κ3) is 4.30. The van der Waals surface area contributed by atoms with Gasteiger partial charge in [0.25, 0.3) is 0 Å². The summed E-state index contributed by atoms with van der Waals surface area (Å²) in [4.78, 5) is 0. The largest absolute Gasteiger partial charge is 0.508 e. The first kappa shape index (κ1) is 15.5. The maximum atomic E-state index is 13.8. The smallest absolute Gasteiger partial charge is 0.126 e. The van der Waals surface area contributed by atoms with Gasteiger partial charge in [-0.2, -0.15) is 0 Å². The second-order valence-electron chi connectivity index (χ2n) is 5.39. The third-order valence-electron chi connectivity index (χ3n) is 3.62. The van der Waals surface area contributed by atoms with Crippen LogP contribution in [0.3, 0.4) is 0 Å². The lowest BCUT2D eigenvalue weighted by atomic mass is 9.97. The van der Waals surface area contributed by atoms with Crippen molar-refractivity contribution < 1.29 is 9.50 Å². The average molecular weight is 287 g/mol. The Kier molecular flexibility index (Phi) is 5.34. The molecule has 0 aliphatic rings. The number of nitrogens with one attached hydrogen (secondary N) is 1. The molecule has 1 unspecified atom stereocenters. The fourth-order valence-electron chi connectivity index (χ4n) is 2.32. The Bertz CT molecular complexity index is 580. The Morgan fingerprint density at radius 1 is 1.14 bits per heavy atom. The van der Waals surface area contributed by atoms with Crippen LogP contribution in [0.1, 0.15) is 36.1 Å². The number of phenolic OH excluding ortho intramolecular Hbond substituents is 1. The Hall–Kier alpha value is -1.87. The van der Waals surface area contributed by atoms with Crippen molar-refractivity contribution >= 4 is 0 Å². The second-order valence-corrected chi connectivity index (χ2v) is 5.39. The van der Waals surface area contributed by atoms with Gasteiger partial charge in [0.15, 0.2) is 0 Å². The van der Waals surface area contributed by atoms with E-state index in [1.807, 2.05) is 24.3 Å². The molecule has 0 heterocycles. The molecule has 2 aromatic rings. The minimum absolute atomic E-state index is 0.0737. The van der Waals surface area contributed by atoms with Crippen molar-refractivity contribution in [3.63, 3.8) is 0 Å². The highest BCUT2D eigenvalue weighted by atomic mass is 19.1. The highest BCUT2D eigenvalue weighted by Gasteiger charge is 2.13. The van der Waals surface area contributed by atoms with E-state index in [0.29, 0.717) is 5.56 Å². The topological polar surface area (TPSA) is 32.3 Å². The van der Waals surface area contributed by atoms with Crippen LogP contribution in [0.15, 0.2) is 42.5 Å². The van der Waals surface area contributed by atoms with Crippen molar-refractivity contribution in [1.82, 2.24) is 5.32 Å². The molecule has 2 rings (SSSR count). The van der Waals surface area contributed by atoms with E-state index in [2.05, 4.69) is 12.2 Å². The van der Waals surface area contributed by atoms with E-state index in [-0.39, 0.29) is 17.6 Å². The van der Waals surface area contributed by atoms with Crippen LogP contribution >= 0.6 is 0 Å². The van der Waals surface area contributed by atoms with Gasteiger partial charge in [0.2, 0.25) is 0 Å². The summed E-state index contributed by atoms with van der Waals surface area (Å²) in [5.74, 6) is 0.0969. The highest BCUT2D eigenvalue weighted by Crippen LogP contribution is 2.22. The molecule has 0 spiro atoms. The van der Waals surface area contributed by atoms with E-state index >= 15 is 0 Å². The minimum Gasteiger partial charge on any atom is -0.508 e. The summed E-state index contributed by atoms with van der Waals surface area (Å²) in [6, 6.07) is 12.7.